The van der Waals surface area contributed by atoms with Crippen LogP contribution >= 0.6 is 0 Å². The van der Waals surface area contributed by atoms with Gasteiger partial charge in [0, 0.05) is 22.7 Å². The number of rotatable bonds is 2. The largest absolute Gasteiger partial charge is 0.481 e. The Labute approximate surface area is 110 Å². The Morgan fingerprint density at radius 1 is 1.32 bits per heavy atom. The standard InChI is InChI=1S/C14H15NO4/c1-7-12(14(2,3)13(16)17)8-4-10-11(19-6-18-10)5-9(8)15-7/h4-5,15H,6H2,1-3H3,(H,16,17). The highest BCUT2D eigenvalue weighted by Gasteiger charge is 2.34. The first-order valence-electron chi connectivity index (χ1n) is 6.07. The van der Waals surface area contributed by atoms with Gasteiger partial charge in [0.25, 0.3) is 0 Å². The van der Waals surface area contributed by atoms with Crippen molar-refractivity contribution < 1.29 is 19.4 Å². The monoisotopic (exact) mass is 261 g/mol. The highest BCUT2D eigenvalue weighted by atomic mass is 16.7. The highest BCUT2D eigenvalue weighted by Crippen LogP contribution is 2.41. The van der Waals surface area contributed by atoms with Crippen molar-refractivity contribution in [2.24, 2.45) is 0 Å². The van der Waals surface area contributed by atoms with Crippen LogP contribution in [0, 0.1) is 6.92 Å². The summed E-state index contributed by atoms with van der Waals surface area (Å²) in [6.07, 6.45) is 0. The molecule has 0 saturated heterocycles. The van der Waals surface area contributed by atoms with Gasteiger partial charge in [-0.25, -0.2) is 0 Å². The van der Waals surface area contributed by atoms with Crippen molar-refractivity contribution in [3.63, 3.8) is 0 Å². The van der Waals surface area contributed by atoms with Crippen LogP contribution in [0.5, 0.6) is 11.5 Å². The topological polar surface area (TPSA) is 71.6 Å². The lowest BCUT2D eigenvalue weighted by Crippen LogP contribution is -2.29. The van der Waals surface area contributed by atoms with E-state index in [-0.39, 0.29) is 6.79 Å². The van der Waals surface area contributed by atoms with E-state index in [1.807, 2.05) is 19.1 Å². The van der Waals surface area contributed by atoms with Gasteiger partial charge >= 0.3 is 5.97 Å². The lowest BCUT2D eigenvalue weighted by molar-refractivity contribution is -0.142. The van der Waals surface area contributed by atoms with E-state index in [0.29, 0.717) is 11.5 Å². The van der Waals surface area contributed by atoms with Crippen molar-refractivity contribution >= 4 is 16.9 Å². The summed E-state index contributed by atoms with van der Waals surface area (Å²) in [5.74, 6) is 0.497. The zero-order valence-electron chi connectivity index (χ0n) is 11.0. The summed E-state index contributed by atoms with van der Waals surface area (Å²) < 4.78 is 10.7. The Morgan fingerprint density at radius 2 is 1.95 bits per heavy atom. The molecule has 0 saturated carbocycles. The fraction of sp³-hybridized carbons (Fsp3) is 0.357. The van der Waals surface area contributed by atoms with E-state index in [4.69, 9.17) is 9.47 Å². The summed E-state index contributed by atoms with van der Waals surface area (Å²) in [5.41, 5.74) is 1.54. The third-order valence-electron chi connectivity index (χ3n) is 3.64. The maximum absolute atomic E-state index is 11.5. The maximum atomic E-state index is 11.5. The molecule has 2 aromatic rings. The number of benzene rings is 1. The minimum absolute atomic E-state index is 0.207. The number of H-pyrrole nitrogens is 1. The molecule has 5 nitrogen and oxygen atoms in total. The molecule has 1 aromatic carbocycles. The molecule has 0 atom stereocenters. The SMILES string of the molecule is Cc1[nH]c2cc3c(cc2c1C(C)(C)C(=O)O)OCO3. The number of hydrogen-bond acceptors (Lipinski definition) is 3. The van der Waals surface area contributed by atoms with Gasteiger partial charge in [-0.05, 0) is 32.4 Å². The number of hydrogen-bond donors (Lipinski definition) is 2. The molecule has 1 aliphatic heterocycles. The molecule has 0 bridgehead atoms. The molecule has 0 fully saturated rings. The summed E-state index contributed by atoms with van der Waals surface area (Å²) >= 11 is 0. The molecule has 0 spiro atoms. The average molecular weight is 261 g/mol. The van der Waals surface area contributed by atoms with E-state index >= 15 is 0 Å². The quantitative estimate of drug-likeness (QED) is 0.871. The second-order valence-corrected chi connectivity index (χ2v) is 5.31. The van der Waals surface area contributed by atoms with Crippen LogP contribution in [0.15, 0.2) is 12.1 Å². The number of aromatic amines is 1. The van der Waals surface area contributed by atoms with Gasteiger partial charge in [0.05, 0.1) is 5.41 Å². The molecule has 1 aromatic heterocycles. The molecule has 1 aliphatic rings. The van der Waals surface area contributed by atoms with Gasteiger partial charge in [-0.2, -0.15) is 0 Å². The molecule has 5 heteroatoms. The second-order valence-electron chi connectivity index (χ2n) is 5.31. The number of fused-ring (bicyclic) bond motifs is 2. The van der Waals surface area contributed by atoms with Crippen LogP contribution in [-0.2, 0) is 10.2 Å². The van der Waals surface area contributed by atoms with Crippen LogP contribution < -0.4 is 9.47 Å². The van der Waals surface area contributed by atoms with Crippen molar-refractivity contribution in [1.82, 2.24) is 4.98 Å². The zero-order valence-corrected chi connectivity index (χ0v) is 11.0. The number of nitrogens with one attached hydrogen (secondary N) is 1. The number of aryl methyl sites for hydroxylation is 1. The van der Waals surface area contributed by atoms with Crippen LogP contribution in [0.4, 0.5) is 0 Å². The normalized spacial score (nSPS) is 14.1. The minimum atomic E-state index is -0.962. The van der Waals surface area contributed by atoms with Crippen molar-refractivity contribution in [2.75, 3.05) is 6.79 Å². The highest BCUT2D eigenvalue weighted by molar-refractivity contribution is 5.94. The molecule has 0 unspecified atom stereocenters. The van der Waals surface area contributed by atoms with E-state index in [1.54, 1.807) is 13.8 Å². The number of aliphatic carboxylic acids is 1. The molecule has 0 aliphatic carbocycles. The van der Waals surface area contributed by atoms with Crippen LogP contribution in [-0.4, -0.2) is 22.9 Å². The predicted octanol–water partition coefficient (Wildman–Crippen LogP) is 2.57. The smallest absolute Gasteiger partial charge is 0.313 e. The summed E-state index contributed by atoms with van der Waals surface area (Å²) in [4.78, 5) is 14.7. The number of ether oxygens (including phenoxy) is 2. The van der Waals surface area contributed by atoms with Crippen LogP contribution in [0.1, 0.15) is 25.1 Å². The van der Waals surface area contributed by atoms with Gasteiger partial charge in [0.2, 0.25) is 6.79 Å². The first kappa shape index (κ1) is 11.9. The second kappa shape index (κ2) is 3.66. The lowest BCUT2D eigenvalue weighted by Gasteiger charge is -2.20. The van der Waals surface area contributed by atoms with Crippen LogP contribution in [0.2, 0.25) is 0 Å². The number of carboxylic acids is 1. The predicted molar refractivity (Wildman–Crippen MR) is 69.8 cm³/mol. The number of carbonyl (C=O) groups is 1. The Hall–Kier alpha value is -2.17. The van der Waals surface area contributed by atoms with Gasteiger partial charge in [-0.3, -0.25) is 4.79 Å². The van der Waals surface area contributed by atoms with E-state index in [0.717, 1.165) is 22.2 Å². The van der Waals surface area contributed by atoms with Crippen molar-refractivity contribution in [3.8, 4) is 11.5 Å². The fourth-order valence-corrected chi connectivity index (χ4v) is 2.63. The zero-order chi connectivity index (χ0) is 13.8. The van der Waals surface area contributed by atoms with Crippen LogP contribution in [0.3, 0.4) is 0 Å². The lowest BCUT2D eigenvalue weighted by atomic mass is 9.83. The van der Waals surface area contributed by atoms with E-state index < -0.39 is 11.4 Å². The molecule has 0 amide bonds. The number of aromatic nitrogens is 1. The van der Waals surface area contributed by atoms with Crippen LogP contribution in [0.25, 0.3) is 10.9 Å². The molecular weight excluding hydrogens is 246 g/mol. The Bertz CT molecular complexity index is 684. The molecule has 100 valence electrons. The molecule has 0 radical (unpaired) electrons. The van der Waals surface area contributed by atoms with Crippen molar-refractivity contribution in [2.45, 2.75) is 26.2 Å². The maximum Gasteiger partial charge on any atom is 0.313 e. The first-order valence-corrected chi connectivity index (χ1v) is 6.07. The summed E-state index contributed by atoms with van der Waals surface area (Å²) in [7, 11) is 0. The molecule has 2 heterocycles. The minimum Gasteiger partial charge on any atom is -0.481 e. The molecule has 19 heavy (non-hydrogen) atoms. The first-order chi connectivity index (χ1) is 8.91. The molecule has 3 rings (SSSR count). The van der Waals surface area contributed by atoms with E-state index in [9.17, 15) is 9.90 Å². The molecule has 2 N–H and O–H groups in total. The average Bonchev–Trinajstić information content (AvgIpc) is 2.87. The molecular formula is C14H15NO4. The van der Waals surface area contributed by atoms with Gasteiger partial charge in [-0.15, -0.1) is 0 Å². The van der Waals surface area contributed by atoms with Crippen molar-refractivity contribution in [1.29, 1.82) is 0 Å². The van der Waals surface area contributed by atoms with Gasteiger partial charge in [-0.1, -0.05) is 0 Å². The Kier molecular flexibility index (Phi) is 2.29. The summed E-state index contributed by atoms with van der Waals surface area (Å²) in [5, 5.41) is 10.3. The Balaban J connectivity index is 2.30. The van der Waals surface area contributed by atoms with Gasteiger partial charge < -0.3 is 19.6 Å². The van der Waals surface area contributed by atoms with Gasteiger partial charge in [0.15, 0.2) is 11.5 Å². The summed E-state index contributed by atoms with van der Waals surface area (Å²) in [6, 6.07) is 3.70. The number of carboxylic acid groups (broad SMARTS) is 1. The van der Waals surface area contributed by atoms with E-state index in [1.165, 1.54) is 0 Å². The fourth-order valence-electron chi connectivity index (χ4n) is 2.63. The van der Waals surface area contributed by atoms with Gasteiger partial charge in [0.1, 0.15) is 0 Å². The Morgan fingerprint density at radius 3 is 2.58 bits per heavy atom. The summed E-state index contributed by atoms with van der Waals surface area (Å²) in [6.45, 7) is 5.50. The third kappa shape index (κ3) is 1.58. The van der Waals surface area contributed by atoms with E-state index in [2.05, 4.69) is 4.98 Å². The van der Waals surface area contributed by atoms with Crippen molar-refractivity contribution in [3.05, 3.63) is 23.4 Å². The third-order valence-corrected chi connectivity index (χ3v) is 3.64.